The normalized spacial score (nSPS) is 17.2. The molecular weight excluding hydrogens is 284 g/mol. The van der Waals surface area contributed by atoms with E-state index in [0.717, 1.165) is 42.2 Å². The van der Waals surface area contributed by atoms with Crippen LogP contribution in [0.1, 0.15) is 18.7 Å². The van der Waals surface area contributed by atoms with Gasteiger partial charge in [-0.15, -0.1) is 0 Å². The summed E-state index contributed by atoms with van der Waals surface area (Å²) in [4.78, 5) is 21.8. The van der Waals surface area contributed by atoms with E-state index in [2.05, 4.69) is 30.8 Å². The molecule has 1 aromatic rings. The van der Waals surface area contributed by atoms with Crippen LogP contribution in [0.5, 0.6) is 0 Å². The van der Waals surface area contributed by atoms with Crippen LogP contribution in [0.2, 0.25) is 0 Å². The maximum atomic E-state index is 11.1. The molecule has 2 N–H and O–H groups in total. The summed E-state index contributed by atoms with van der Waals surface area (Å²) in [5, 5.41) is 0. The highest BCUT2D eigenvalue weighted by Gasteiger charge is 2.24. The van der Waals surface area contributed by atoms with Crippen molar-refractivity contribution in [2.45, 2.75) is 19.8 Å². The first-order valence-corrected chi connectivity index (χ1v) is 6.41. The van der Waals surface area contributed by atoms with E-state index in [1.807, 2.05) is 13.0 Å². The third-order valence-electron chi connectivity index (χ3n) is 3.01. The zero-order valence-corrected chi connectivity index (χ0v) is 11.3. The Morgan fingerprint density at radius 1 is 1.47 bits per heavy atom. The molecule has 2 rings (SSSR count). The summed E-state index contributed by atoms with van der Waals surface area (Å²) >= 11 is 3.36. The lowest BCUT2D eigenvalue weighted by atomic mass is 9.96. The molecule has 1 fully saturated rings. The van der Waals surface area contributed by atoms with Gasteiger partial charge in [0.05, 0.1) is 0 Å². The molecule has 5 nitrogen and oxygen atoms in total. The van der Waals surface area contributed by atoms with E-state index in [4.69, 9.17) is 5.73 Å². The number of carbonyl (C=O) groups is 1. The van der Waals surface area contributed by atoms with Gasteiger partial charge in [0.25, 0.3) is 0 Å². The minimum atomic E-state index is -0.190. The first kappa shape index (κ1) is 12.3. The molecule has 0 unspecified atom stereocenters. The summed E-state index contributed by atoms with van der Waals surface area (Å²) in [6.07, 6.45) is 1.60. The van der Waals surface area contributed by atoms with Gasteiger partial charge >= 0.3 is 0 Å². The lowest BCUT2D eigenvalue weighted by Crippen LogP contribution is -2.39. The van der Waals surface area contributed by atoms with Gasteiger partial charge < -0.3 is 10.6 Å². The molecule has 92 valence electrons. The number of hydrogen-bond acceptors (Lipinski definition) is 4. The number of aryl methyl sites for hydroxylation is 1. The Labute approximate surface area is 109 Å². The molecule has 17 heavy (non-hydrogen) atoms. The van der Waals surface area contributed by atoms with Crippen molar-refractivity contribution >= 4 is 27.7 Å². The fourth-order valence-electron chi connectivity index (χ4n) is 2.07. The summed E-state index contributed by atoms with van der Waals surface area (Å²) in [5.74, 6) is 1.47. The summed E-state index contributed by atoms with van der Waals surface area (Å²) < 4.78 is 0.789. The average Bonchev–Trinajstić information content (AvgIpc) is 2.28. The van der Waals surface area contributed by atoms with Crippen molar-refractivity contribution in [3.05, 3.63) is 16.5 Å². The average molecular weight is 299 g/mol. The van der Waals surface area contributed by atoms with Crippen LogP contribution >= 0.6 is 15.9 Å². The molecule has 0 atom stereocenters. The number of halogens is 1. The molecule has 1 aromatic heterocycles. The Bertz CT molecular complexity index is 409. The highest BCUT2D eigenvalue weighted by molar-refractivity contribution is 9.10. The van der Waals surface area contributed by atoms with Crippen molar-refractivity contribution in [3.63, 3.8) is 0 Å². The smallest absolute Gasteiger partial charge is 0.220 e. The Morgan fingerprint density at radius 3 is 2.65 bits per heavy atom. The van der Waals surface area contributed by atoms with E-state index in [0.29, 0.717) is 0 Å². The first-order valence-electron chi connectivity index (χ1n) is 5.61. The second-order valence-electron chi connectivity index (χ2n) is 4.26. The molecule has 0 bridgehead atoms. The summed E-state index contributed by atoms with van der Waals surface area (Å²) in [5.41, 5.74) is 5.31. The zero-order valence-electron chi connectivity index (χ0n) is 9.69. The number of anilines is 1. The van der Waals surface area contributed by atoms with Crippen molar-refractivity contribution in [2.24, 2.45) is 11.7 Å². The van der Waals surface area contributed by atoms with Gasteiger partial charge in [0, 0.05) is 25.1 Å². The second-order valence-corrected chi connectivity index (χ2v) is 5.07. The third-order valence-corrected chi connectivity index (χ3v) is 3.42. The number of hydrogen-bond donors (Lipinski definition) is 1. The molecule has 6 heteroatoms. The standard InChI is InChI=1S/C11H15BrN4O/c1-7-14-9(12)6-10(15-7)16-4-2-8(3-5-16)11(13)17/h6,8H,2-5H2,1H3,(H2,13,17). The van der Waals surface area contributed by atoms with Crippen LogP contribution in [0, 0.1) is 12.8 Å². The number of piperidine rings is 1. The van der Waals surface area contributed by atoms with Crippen molar-refractivity contribution in [1.82, 2.24) is 9.97 Å². The molecule has 1 saturated heterocycles. The van der Waals surface area contributed by atoms with E-state index >= 15 is 0 Å². The summed E-state index contributed by atoms with van der Waals surface area (Å²) in [6.45, 7) is 3.50. The molecule has 1 aliphatic heterocycles. The highest BCUT2D eigenvalue weighted by Crippen LogP contribution is 2.23. The minimum absolute atomic E-state index is 0.0117. The molecule has 0 radical (unpaired) electrons. The van der Waals surface area contributed by atoms with Crippen molar-refractivity contribution in [2.75, 3.05) is 18.0 Å². The van der Waals surface area contributed by atoms with Gasteiger partial charge in [-0.25, -0.2) is 9.97 Å². The number of aromatic nitrogens is 2. The van der Waals surface area contributed by atoms with Crippen LogP contribution < -0.4 is 10.6 Å². The molecule has 0 aromatic carbocycles. The van der Waals surface area contributed by atoms with Gasteiger partial charge in [0.15, 0.2) is 0 Å². The van der Waals surface area contributed by atoms with E-state index in [9.17, 15) is 4.79 Å². The first-order chi connectivity index (χ1) is 8.06. The van der Waals surface area contributed by atoms with Crippen LogP contribution in [0.3, 0.4) is 0 Å². The van der Waals surface area contributed by atoms with Crippen molar-refractivity contribution in [3.8, 4) is 0 Å². The van der Waals surface area contributed by atoms with Gasteiger partial charge in [0.1, 0.15) is 16.2 Å². The number of carbonyl (C=O) groups excluding carboxylic acids is 1. The van der Waals surface area contributed by atoms with E-state index < -0.39 is 0 Å². The van der Waals surface area contributed by atoms with E-state index in [-0.39, 0.29) is 11.8 Å². The summed E-state index contributed by atoms with van der Waals surface area (Å²) in [7, 11) is 0. The van der Waals surface area contributed by atoms with Gasteiger partial charge in [-0.3, -0.25) is 4.79 Å². The maximum Gasteiger partial charge on any atom is 0.220 e. The molecule has 0 saturated carbocycles. The molecule has 1 amide bonds. The van der Waals surface area contributed by atoms with Gasteiger partial charge in [-0.1, -0.05) is 0 Å². The lowest BCUT2D eigenvalue weighted by molar-refractivity contribution is -0.122. The number of amides is 1. The van der Waals surface area contributed by atoms with Crippen molar-refractivity contribution < 1.29 is 4.79 Å². The SMILES string of the molecule is Cc1nc(Br)cc(N2CCC(C(N)=O)CC2)n1. The number of primary amides is 1. The number of nitrogens with zero attached hydrogens (tertiary/aromatic N) is 3. The van der Waals surface area contributed by atoms with Crippen LogP contribution in [-0.2, 0) is 4.79 Å². The van der Waals surface area contributed by atoms with E-state index in [1.165, 1.54) is 0 Å². The summed E-state index contributed by atoms with van der Waals surface area (Å²) in [6, 6.07) is 1.90. The lowest BCUT2D eigenvalue weighted by Gasteiger charge is -2.31. The Hall–Kier alpha value is -1.17. The van der Waals surface area contributed by atoms with Crippen LogP contribution in [0.15, 0.2) is 10.7 Å². The predicted octanol–water partition coefficient (Wildman–Crippen LogP) is 1.25. The Kier molecular flexibility index (Phi) is 3.61. The molecule has 1 aliphatic rings. The van der Waals surface area contributed by atoms with Gasteiger partial charge in [0.2, 0.25) is 5.91 Å². The molecule has 2 heterocycles. The predicted molar refractivity (Wildman–Crippen MR) is 68.6 cm³/mol. The number of rotatable bonds is 2. The second kappa shape index (κ2) is 5.00. The van der Waals surface area contributed by atoms with Crippen LogP contribution in [0.4, 0.5) is 5.82 Å². The maximum absolute atomic E-state index is 11.1. The fourth-order valence-corrected chi connectivity index (χ4v) is 2.53. The number of nitrogens with two attached hydrogens (primary N) is 1. The Morgan fingerprint density at radius 2 is 2.12 bits per heavy atom. The van der Waals surface area contributed by atoms with E-state index in [1.54, 1.807) is 0 Å². The topological polar surface area (TPSA) is 72.1 Å². The van der Waals surface area contributed by atoms with Crippen LogP contribution in [-0.4, -0.2) is 29.0 Å². The third kappa shape index (κ3) is 2.94. The highest BCUT2D eigenvalue weighted by atomic mass is 79.9. The van der Waals surface area contributed by atoms with Gasteiger partial charge in [-0.2, -0.15) is 0 Å². The molecule has 0 aliphatic carbocycles. The minimum Gasteiger partial charge on any atom is -0.369 e. The molecule has 0 spiro atoms. The largest absolute Gasteiger partial charge is 0.369 e. The van der Waals surface area contributed by atoms with Gasteiger partial charge in [-0.05, 0) is 35.7 Å². The Balaban J connectivity index is 2.07. The quantitative estimate of drug-likeness (QED) is 0.834. The zero-order chi connectivity index (χ0) is 12.4. The monoisotopic (exact) mass is 298 g/mol. The molecular formula is C11H15BrN4O. The van der Waals surface area contributed by atoms with Crippen molar-refractivity contribution in [1.29, 1.82) is 0 Å². The fraction of sp³-hybridized carbons (Fsp3) is 0.545. The van der Waals surface area contributed by atoms with Crippen LogP contribution in [0.25, 0.3) is 0 Å².